The van der Waals surface area contributed by atoms with E-state index in [1.807, 2.05) is 10.9 Å². The fourth-order valence-corrected chi connectivity index (χ4v) is 2.45. The van der Waals surface area contributed by atoms with Crippen molar-refractivity contribution >= 4 is 13.4 Å². The van der Waals surface area contributed by atoms with Gasteiger partial charge in [-0.25, -0.2) is 0 Å². The van der Waals surface area contributed by atoms with E-state index in [1.54, 1.807) is 17.1 Å². The van der Waals surface area contributed by atoms with Crippen molar-refractivity contribution in [3.05, 3.63) is 18.6 Å². The first-order chi connectivity index (χ1) is 10.5. The summed E-state index contributed by atoms with van der Waals surface area (Å²) in [5.41, 5.74) is 0. The lowest BCUT2D eigenvalue weighted by atomic mass is 10.5. The molecule has 2 N–H and O–H groups in total. The molecule has 0 radical (unpaired) electrons. The average molecular weight is 326 g/mol. The van der Waals surface area contributed by atoms with Crippen molar-refractivity contribution in [3.63, 3.8) is 0 Å². The van der Waals surface area contributed by atoms with E-state index >= 15 is 0 Å². The Labute approximate surface area is 131 Å². The average Bonchev–Trinajstić information content (AvgIpc) is 3.14. The molecule has 2 aromatic heterocycles. The minimum absolute atomic E-state index is 0.208. The zero-order valence-electron chi connectivity index (χ0n) is 13.6. The molecule has 0 bridgehead atoms. The third-order valence-corrected chi connectivity index (χ3v) is 4.64. The molecule has 0 aliphatic carbocycles. The smallest absolute Gasteiger partial charge is 0.106 e. The quantitative estimate of drug-likeness (QED) is 0.687. The molecule has 124 valence electrons. The molecule has 0 saturated heterocycles. The molecular weight excluding hydrogens is 300 g/mol. The molecule has 9 heteroatoms. The van der Waals surface area contributed by atoms with Crippen LogP contribution in [0, 0.1) is 0 Å². The van der Waals surface area contributed by atoms with Crippen LogP contribution in [-0.4, -0.2) is 61.5 Å². The molecule has 0 unspecified atom stereocenters. The van der Waals surface area contributed by atoms with Gasteiger partial charge in [-0.15, -0.1) is 10.2 Å². The predicted molar refractivity (Wildman–Crippen MR) is 86.4 cm³/mol. The number of hydrogen-bond acceptors (Lipinski definition) is 6. The largest absolute Gasteiger partial charge is 0.396 e. The Morgan fingerprint density at radius 3 is 2.09 bits per heavy atom. The molecule has 8 nitrogen and oxygen atoms in total. The summed E-state index contributed by atoms with van der Waals surface area (Å²) in [5.74, 6) is 0. The summed E-state index contributed by atoms with van der Waals surface area (Å²) in [4.78, 5) is 0. The maximum Gasteiger partial charge on any atom is 0.106 e. The van der Waals surface area contributed by atoms with Gasteiger partial charge in [0.25, 0.3) is 0 Å². The summed E-state index contributed by atoms with van der Waals surface area (Å²) in [5, 5.41) is 33.6. The molecule has 2 heterocycles. The lowest BCUT2D eigenvalue weighted by molar-refractivity contribution is 0.276. The summed E-state index contributed by atoms with van der Waals surface area (Å²) >= 11 is 0. The van der Waals surface area contributed by atoms with Crippen LogP contribution in [-0.2, 0) is 13.1 Å². The van der Waals surface area contributed by atoms with Crippen molar-refractivity contribution in [2.24, 2.45) is 0 Å². The third-order valence-electron chi connectivity index (χ3n) is 2.87. The minimum atomic E-state index is -1.31. The first kappa shape index (κ1) is 18.5. The number of aryl methyl sites for hydroxylation is 2. The number of aliphatic hydroxyl groups excluding tert-OH is 2. The Morgan fingerprint density at radius 1 is 1.00 bits per heavy atom. The third kappa shape index (κ3) is 6.92. The summed E-state index contributed by atoms with van der Waals surface area (Å²) < 4.78 is 3.50. The van der Waals surface area contributed by atoms with E-state index in [-0.39, 0.29) is 13.2 Å². The zero-order valence-corrected chi connectivity index (χ0v) is 14.6. The second-order valence-electron chi connectivity index (χ2n) is 5.94. The Kier molecular flexibility index (Phi) is 7.92. The zero-order chi connectivity index (χ0) is 16.4. The normalized spacial score (nSPS) is 11.1. The van der Waals surface area contributed by atoms with Crippen LogP contribution in [0.15, 0.2) is 18.6 Å². The van der Waals surface area contributed by atoms with E-state index in [9.17, 15) is 0 Å². The topological polar surface area (TPSA) is 102 Å². The Morgan fingerprint density at radius 2 is 1.64 bits per heavy atom. The van der Waals surface area contributed by atoms with Gasteiger partial charge in [0, 0.05) is 38.7 Å². The highest BCUT2D eigenvalue weighted by atomic mass is 28.3. The molecule has 0 fully saturated rings. The van der Waals surface area contributed by atoms with E-state index in [0.29, 0.717) is 0 Å². The minimum Gasteiger partial charge on any atom is -0.396 e. The molecule has 2 aromatic rings. The molecule has 2 rings (SSSR count). The van der Waals surface area contributed by atoms with Crippen molar-refractivity contribution in [2.45, 2.75) is 45.6 Å². The van der Waals surface area contributed by atoms with Gasteiger partial charge in [-0.1, -0.05) is 30.1 Å². The van der Waals surface area contributed by atoms with Crippen LogP contribution in [0.3, 0.4) is 0 Å². The molecule has 0 spiro atoms. The molecule has 0 atom stereocenters. The van der Waals surface area contributed by atoms with Gasteiger partial charge in [0.05, 0.1) is 11.5 Å². The van der Waals surface area contributed by atoms with Crippen molar-refractivity contribution in [2.75, 3.05) is 13.2 Å². The van der Waals surface area contributed by atoms with Crippen molar-refractivity contribution < 1.29 is 10.2 Å². The van der Waals surface area contributed by atoms with E-state index < -0.39 is 8.07 Å². The number of aliphatic hydroxyl groups is 2. The van der Waals surface area contributed by atoms with Gasteiger partial charge in [0.15, 0.2) is 0 Å². The van der Waals surface area contributed by atoms with E-state index in [4.69, 9.17) is 10.2 Å². The van der Waals surface area contributed by atoms with Crippen LogP contribution in [0.25, 0.3) is 0 Å². The fourth-order valence-electron chi connectivity index (χ4n) is 1.57. The molecule has 22 heavy (non-hydrogen) atoms. The van der Waals surface area contributed by atoms with Gasteiger partial charge in [-0.2, -0.15) is 0 Å². The van der Waals surface area contributed by atoms with E-state index in [2.05, 4.69) is 40.3 Å². The number of aromatic nitrogens is 6. The predicted octanol–water partition coefficient (Wildman–Crippen LogP) is -0.134. The number of hydrogen-bond donors (Lipinski definition) is 2. The van der Waals surface area contributed by atoms with Gasteiger partial charge < -0.3 is 10.2 Å². The molecule has 0 saturated carbocycles. The van der Waals surface area contributed by atoms with E-state index in [0.717, 1.165) is 31.2 Å². The number of nitrogens with zero attached hydrogens (tertiary/aromatic N) is 6. The van der Waals surface area contributed by atoms with Gasteiger partial charge >= 0.3 is 0 Å². The first-order valence-electron chi connectivity index (χ1n) is 7.44. The van der Waals surface area contributed by atoms with Gasteiger partial charge in [-0.05, 0) is 12.8 Å². The van der Waals surface area contributed by atoms with Crippen molar-refractivity contribution in [1.29, 1.82) is 0 Å². The van der Waals surface area contributed by atoms with Gasteiger partial charge in [-0.3, -0.25) is 9.36 Å². The Balaban J connectivity index is 0.000000235. The van der Waals surface area contributed by atoms with Crippen LogP contribution in [0.4, 0.5) is 0 Å². The molecule has 0 aliphatic heterocycles. The van der Waals surface area contributed by atoms with Crippen LogP contribution in [0.2, 0.25) is 19.6 Å². The van der Waals surface area contributed by atoms with Crippen LogP contribution in [0.1, 0.15) is 12.8 Å². The number of rotatable bonds is 7. The Bertz CT molecular complexity index is 509. The lowest BCUT2D eigenvalue weighted by Crippen LogP contribution is -2.38. The summed E-state index contributed by atoms with van der Waals surface area (Å²) in [6.45, 7) is 8.65. The fraction of sp³-hybridized carbons (Fsp3) is 0.692. The molecule has 0 amide bonds. The van der Waals surface area contributed by atoms with Crippen LogP contribution in [0.5, 0.6) is 0 Å². The maximum atomic E-state index is 8.64. The summed E-state index contributed by atoms with van der Waals surface area (Å²) in [6, 6.07) is 0. The summed E-state index contributed by atoms with van der Waals surface area (Å²) in [7, 11) is -1.31. The second kappa shape index (κ2) is 9.44. The standard InChI is InChI=1S/C8H17N3OSi.C5H9N3O/c1-13(2,3)8-7-11(10-9-8)5-4-6-12;9-5-1-3-8-4-2-6-7-8/h7,12H,4-6H2,1-3H3;2,4,9H,1,3,5H2. The molecule has 0 aromatic carbocycles. The molecular formula is C13H26N6O2Si. The Hall–Kier alpha value is -1.58. The highest BCUT2D eigenvalue weighted by Gasteiger charge is 2.20. The van der Waals surface area contributed by atoms with Crippen LogP contribution >= 0.6 is 0 Å². The lowest BCUT2D eigenvalue weighted by Gasteiger charge is -2.09. The van der Waals surface area contributed by atoms with E-state index in [1.165, 1.54) is 0 Å². The van der Waals surface area contributed by atoms with Crippen molar-refractivity contribution in [3.8, 4) is 0 Å². The van der Waals surface area contributed by atoms with Gasteiger partial charge in [0.2, 0.25) is 0 Å². The van der Waals surface area contributed by atoms with Crippen LogP contribution < -0.4 is 5.32 Å². The highest BCUT2D eigenvalue weighted by molar-refractivity contribution is 6.88. The molecule has 0 aliphatic rings. The second-order valence-corrected chi connectivity index (χ2v) is 10.9. The first-order valence-corrected chi connectivity index (χ1v) is 10.9. The van der Waals surface area contributed by atoms with Gasteiger partial charge in [0.1, 0.15) is 8.07 Å². The highest BCUT2D eigenvalue weighted by Crippen LogP contribution is 1.98. The SMILES string of the molecule is C[Si](C)(C)c1cn(CCCO)nn1.OCCCn1ccnn1. The van der Waals surface area contributed by atoms with Crippen molar-refractivity contribution in [1.82, 2.24) is 30.0 Å². The summed E-state index contributed by atoms with van der Waals surface area (Å²) in [6.07, 6.45) is 6.88. The monoisotopic (exact) mass is 326 g/mol. The maximum absolute atomic E-state index is 8.64.